The third-order valence-corrected chi connectivity index (χ3v) is 3.18. The fraction of sp³-hybridized carbons (Fsp3) is 0.400. The van der Waals surface area contributed by atoms with E-state index in [-0.39, 0.29) is 11.7 Å². The lowest BCUT2D eigenvalue weighted by Crippen LogP contribution is -2.10. The number of benzene rings is 1. The predicted molar refractivity (Wildman–Crippen MR) is 69.4 cm³/mol. The predicted octanol–water partition coefficient (Wildman–Crippen LogP) is 2.88. The van der Waals surface area contributed by atoms with Crippen LogP contribution in [0, 0.1) is 5.92 Å². The summed E-state index contributed by atoms with van der Waals surface area (Å²) in [5, 5.41) is 0. The van der Waals surface area contributed by atoms with Crippen molar-refractivity contribution in [2.75, 3.05) is 6.61 Å². The van der Waals surface area contributed by atoms with E-state index >= 15 is 0 Å². The van der Waals surface area contributed by atoms with Crippen molar-refractivity contribution in [3.63, 3.8) is 0 Å². The topological polar surface area (TPSA) is 35.5 Å². The molecular formula is C15H18O3. The van der Waals surface area contributed by atoms with Gasteiger partial charge in [-0.05, 0) is 42.5 Å². The fourth-order valence-electron chi connectivity index (χ4n) is 2.12. The zero-order chi connectivity index (χ0) is 13.0. The number of hydrogen-bond donors (Lipinski definition) is 0. The number of rotatable bonds is 4. The molecule has 1 unspecified atom stereocenters. The van der Waals surface area contributed by atoms with Gasteiger partial charge in [-0.2, -0.15) is 4.89 Å². The minimum atomic E-state index is -0.0245. The number of hydrogen-bond acceptors (Lipinski definition) is 3. The van der Waals surface area contributed by atoms with E-state index in [1.807, 2.05) is 19.1 Å². The summed E-state index contributed by atoms with van der Waals surface area (Å²) in [6.45, 7) is 6.07. The van der Waals surface area contributed by atoms with E-state index in [1.165, 1.54) is 6.08 Å². The molecule has 0 spiro atoms. The molecule has 1 aliphatic heterocycles. The Labute approximate surface area is 107 Å². The van der Waals surface area contributed by atoms with Gasteiger partial charge in [-0.25, -0.2) is 0 Å². The Hall–Kier alpha value is -1.61. The lowest BCUT2D eigenvalue weighted by molar-refractivity contribution is -0.203. The molecule has 3 nitrogen and oxygen atoms in total. The van der Waals surface area contributed by atoms with Gasteiger partial charge in [-0.15, -0.1) is 0 Å². The maximum atomic E-state index is 11.5. The van der Waals surface area contributed by atoms with Gasteiger partial charge < -0.3 is 4.89 Å². The summed E-state index contributed by atoms with van der Waals surface area (Å²) in [5.41, 5.74) is 2.31. The van der Waals surface area contributed by atoms with E-state index in [0.29, 0.717) is 6.61 Å². The minimum absolute atomic E-state index is 0.0245. The fourth-order valence-corrected chi connectivity index (χ4v) is 2.12. The van der Waals surface area contributed by atoms with Crippen LogP contribution in [0.3, 0.4) is 0 Å². The number of allylic oxidation sites excluding steroid dienone is 1. The van der Waals surface area contributed by atoms with Gasteiger partial charge in [0.25, 0.3) is 0 Å². The number of carbonyl (C=O) groups is 1. The van der Waals surface area contributed by atoms with Crippen molar-refractivity contribution >= 4 is 5.78 Å². The Morgan fingerprint density at radius 3 is 3.17 bits per heavy atom. The van der Waals surface area contributed by atoms with E-state index in [9.17, 15) is 4.79 Å². The molecule has 2 rings (SSSR count). The summed E-state index contributed by atoms with van der Waals surface area (Å²) < 4.78 is 0. The van der Waals surface area contributed by atoms with Gasteiger partial charge in [0, 0.05) is 5.92 Å². The largest absolute Gasteiger partial charge is 0.337 e. The number of aryl methyl sites for hydroxylation is 1. The highest BCUT2D eigenvalue weighted by Crippen LogP contribution is 2.25. The summed E-state index contributed by atoms with van der Waals surface area (Å²) >= 11 is 0. The average molecular weight is 246 g/mol. The summed E-state index contributed by atoms with van der Waals surface area (Å²) in [6.07, 6.45) is 4.04. The first-order chi connectivity index (χ1) is 8.70. The van der Waals surface area contributed by atoms with Crippen molar-refractivity contribution in [2.24, 2.45) is 5.92 Å². The normalized spacial score (nSPS) is 16.1. The molecule has 0 fully saturated rings. The molecule has 0 aromatic heterocycles. The van der Waals surface area contributed by atoms with Crippen LogP contribution in [0.2, 0.25) is 0 Å². The zero-order valence-electron chi connectivity index (χ0n) is 10.6. The Bertz CT molecular complexity index is 451. The van der Waals surface area contributed by atoms with Gasteiger partial charge in [0.2, 0.25) is 0 Å². The van der Waals surface area contributed by atoms with Crippen LogP contribution in [-0.4, -0.2) is 12.4 Å². The van der Waals surface area contributed by atoms with Crippen molar-refractivity contribution in [1.82, 2.24) is 0 Å². The smallest absolute Gasteiger partial charge is 0.168 e. The van der Waals surface area contributed by atoms with Crippen molar-refractivity contribution in [1.29, 1.82) is 0 Å². The highest BCUT2D eigenvalue weighted by molar-refractivity contribution is 5.91. The standard InChI is InChI=1S/C15H18O3/c1-3-14(16)11(2)9-12-6-7-15-13(10-12)5-4-8-17-18-15/h3,6-7,10-11H,1,4-5,8-9H2,2H3. The Morgan fingerprint density at radius 1 is 1.56 bits per heavy atom. The summed E-state index contributed by atoms with van der Waals surface area (Å²) in [7, 11) is 0. The van der Waals surface area contributed by atoms with E-state index in [0.717, 1.165) is 36.1 Å². The summed E-state index contributed by atoms with van der Waals surface area (Å²) in [4.78, 5) is 21.7. The molecule has 18 heavy (non-hydrogen) atoms. The van der Waals surface area contributed by atoms with Crippen molar-refractivity contribution in [3.8, 4) is 5.75 Å². The molecule has 0 radical (unpaired) electrons. The molecule has 96 valence electrons. The van der Waals surface area contributed by atoms with E-state index < -0.39 is 0 Å². The van der Waals surface area contributed by atoms with Gasteiger partial charge in [-0.1, -0.05) is 25.6 Å². The molecular weight excluding hydrogens is 228 g/mol. The van der Waals surface area contributed by atoms with Crippen LogP contribution in [0.15, 0.2) is 30.9 Å². The summed E-state index contributed by atoms with van der Waals surface area (Å²) in [5.74, 6) is 0.854. The molecule has 0 aliphatic carbocycles. The van der Waals surface area contributed by atoms with Crippen LogP contribution in [0.4, 0.5) is 0 Å². The SMILES string of the molecule is C=CC(=O)C(C)Cc1ccc2c(c1)CCCOO2. The molecule has 1 aromatic rings. The Balaban J connectivity index is 2.13. The molecule has 0 amide bonds. The monoisotopic (exact) mass is 246 g/mol. The van der Waals surface area contributed by atoms with Gasteiger partial charge >= 0.3 is 0 Å². The Morgan fingerprint density at radius 2 is 2.39 bits per heavy atom. The van der Waals surface area contributed by atoms with Crippen LogP contribution >= 0.6 is 0 Å². The Kier molecular flexibility index (Phi) is 4.15. The molecule has 0 N–H and O–H groups in total. The van der Waals surface area contributed by atoms with Crippen molar-refractivity contribution in [3.05, 3.63) is 42.0 Å². The van der Waals surface area contributed by atoms with Gasteiger partial charge in [0.15, 0.2) is 11.5 Å². The molecule has 0 bridgehead atoms. The first-order valence-corrected chi connectivity index (χ1v) is 6.28. The van der Waals surface area contributed by atoms with Crippen LogP contribution in [-0.2, 0) is 22.5 Å². The number of fused-ring (bicyclic) bond motifs is 1. The highest BCUT2D eigenvalue weighted by atomic mass is 17.2. The molecule has 1 atom stereocenters. The van der Waals surface area contributed by atoms with Crippen molar-refractivity contribution in [2.45, 2.75) is 26.2 Å². The second kappa shape index (κ2) is 5.83. The zero-order valence-corrected chi connectivity index (χ0v) is 10.6. The van der Waals surface area contributed by atoms with E-state index in [2.05, 4.69) is 12.6 Å². The first-order valence-electron chi connectivity index (χ1n) is 6.28. The molecule has 3 heteroatoms. The van der Waals surface area contributed by atoms with Gasteiger partial charge in [-0.3, -0.25) is 4.79 Å². The van der Waals surface area contributed by atoms with Crippen LogP contribution in [0.5, 0.6) is 5.75 Å². The van der Waals surface area contributed by atoms with E-state index in [1.54, 1.807) is 0 Å². The van der Waals surface area contributed by atoms with Crippen LogP contribution in [0.1, 0.15) is 24.5 Å². The maximum Gasteiger partial charge on any atom is 0.168 e. The highest BCUT2D eigenvalue weighted by Gasteiger charge is 2.14. The van der Waals surface area contributed by atoms with Crippen LogP contribution in [0.25, 0.3) is 0 Å². The first kappa shape index (κ1) is 12.8. The van der Waals surface area contributed by atoms with E-state index in [4.69, 9.17) is 9.78 Å². The third-order valence-electron chi connectivity index (χ3n) is 3.18. The second-order valence-corrected chi connectivity index (χ2v) is 4.66. The second-order valence-electron chi connectivity index (χ2n) is 4.66. The lowest BCUT2D eigenvalue weighted by atomic mass is 9.95. The van der Waals surface area contributed by atoms with Crippen molar-refractivity contribution < 1.29 is 14.6 Å². The molecule has 0 saturated heterocycles. The quantitative estimate of drug-likeness (QED) is 0.605. The average Bonchev–Trinajstić information content (AvgIpc) is 2.62. The molecule has 1 aromatic carbocycles. The molecule has 1 aliphatic rings. The molecule has 1 heterocycles. The summed E-state index contributed by atoms with van der Waals surface area (Å²) in [6, 6.07) is 6.01. The third kappa shape index (κ3) is 2.99. The number of ketones is 1. The minimum Gasteiger partial charge on any atom is -0.337 e. The molecule has 0 saturated carbocycles. The van der Waals surface area contributed by atoms with Gasteiger partial charge in [0.1, 0.15) is 0 Å². The lowest BCUT2D eigenvalue weighted by Gasteiger charge is -2.10. The van der Waals surface area contributed by atoms with Gasteiger partial charge in [0.05, 0.1) is 6.61 Å². The van der Waals surface area contributed by atoms with Crippen LogP contribution < -0.4 is 4.89 Å². The number of carbonyl (C=O) groups excluding carboxylic acids is 1. The maximum absolute atomic E-state index is 11.5.